The second-order valence-electron chi connectivity index (χ2n) is 20.2. The average Bonchev–Trinajstić information content (AvgIpc) is 3.85. The minimum atomic E-state index is -2.05. The first kappa shape index (κ1) is 52.8. The molecule has 1 saturated heterocycles. The third-order valence-electron chi connectivity index (χ3n) is 13.6. The summed E-state index contributed by atoms with van der Waals surface area (Å²) >= 11 is 1.46. The highest BCUT2D eigenvalue weighted by atomic mass is 32.1. The van der Waals surface area contributed by atoms with E-state index in [0.717, 1.165) is 34.5 Å². The molecule has 2 aliphatic carbocycles. The van der Waals surface area contributed by atoms with Crippen molar-refractivity contribution in [3.05, 3.63) is 112 Å². The minimum absolute atomic E-state index is 0.00768. The van der Waals surface area contributed by atoms with Crippen LogP contribution in [0, 0.1) is 12.3 Å². The molecule has 7 N–H and O–H groups in total. The molecule has 2 fully saturated rings. The molecule has 5 aromatic rings. The van der Waals surface area contributed by atoms with Crippen molar-refractivity contribution in [2.45, 2.75) is 102 Å². The van der Waals surface area contributed by atoms with Crippen LogP contribution in [0.5, 0.6) is 5.75 Å². The first-order chi connectivity index (χ1) is 35.2. The number of likely N-dealkylation sites (tertiary alicyclic amines) is 1. The predicted octanol–water partition coefficient (Wildman–Crippen LogP) is 4.44. The first-order valence-electron chi connectivity index (χ1n) is 24.5. The van der Waals surface area contributed by atoms with Crippen molar-refractivity contribution in [2.24, 2.45) is 5.41 Å². The molecule has 1 saturated carbocycles. The third kappa shape index (κ3) is 12.1. The normalized spacial score (nSPS) is 18.4. The lowest BCUT2D eigenvalue weighted by Gasteiger charge is -2.36. The van der Waals surface area contributed by atoms with E-state index in [1.165, 1.54) is 51.9 Å². The van der Waals surface area contributed by atoms with Gasteiger partial charge in [0, 0.05) is 44.7 Å². The number of aromatic hydroxyl groups is 1. The number of hydrogen-bond acceptors (Lipinski definition) is 13. The van der Waals surface area contributed by atoms with E-state index in [1.807, 2.05) is 43.3 Å². The van der Waals surface area contributed by atoms with Crippen LogP contribution in [0.3, 0.4) is 0 Å². The number of benzene rings is 3. The highest BCUT2D eigenvalue weighted by Gasteiger charge is 2.53. The Morgan fingerprint density at radius 1 is 0.959 bits per heavy atom. The molecule has 5 atom stereocenters. The van der Waals surface area contributed by atoms with Gasteiger partial charge in [-0.2, -0.15) is 0 Å². The van der Waals surface area contributed by atoms with E-state index in [-0.39, 0.29) is 74.1 Å². The van der Waals surface area contributed by atoms with E-state index in [1.54, 1.807) is 44.5 Å². The van der Waals surface area contributed by atoms with Gasteiger partial charge in [0.25, 0.3) is 17.7 Å². The Balaban J connectivity index is 0.845. The van der Waals surface area contributed by atoms with Crippen LogP contribution in [0.25, 0.3) is 21.8 Å². The number of aryl methyl sites for hydroxylation is 2. The molecule has 2 aromatic heterocycles. The topological polar surface area (TPSA) is 265 Å². The molecule has 74 heavy (non-hydrogen) atoms. The molecular weight excluding hydrogens is 974 g/mol. The lowest BCUT2D eigenvalue weighted by molar-refractivity contribution is -0.145. The van der Waals surface area contributed by atoms with Gasteiger partial charge in [-0.25, -0.2) is 9.37 Å². The Morgan fingerprint density at radius 2 is 1.69 bits per heavy atom. The van der Waals surface area contributed by atoms with Crippen molar-refractivity contribution in [3.8, 4) is 27.5 Å². The zero-order valence-corrected chi connectivity index (χ0v) is 42.5. The summed E-state index contributed by atoms with van der Waals surface area (Å²) in [6.45, 7) is 6.35. The standard InChI is InChI=1S/C53H60FN9O10S/c1-29-45(74-28-57-29)32-12-10-31(11-13-32)38(59-48(69)40-23-34(64)27-63(40)50(71)46(52(2,3)4)60-51(72)53(54)18-19-53)25-43(66)56-26-44(67)55-20-21-62(5)49(70)36-16-14-33(22-41(36)65)42-24-39(61-73-42)47(68)58-37-17-15-30-8-6-7-9-35(30)37/h6-14,16,22,24,28,34,37-38,40,46,64-65H,15,17-21,23,25-27H2,1-5H3,(H,55,67)(H,56,66)(H,58,68)(H,59,69)(H,60,72)/t34-,37-,38+,40+,46-/m1/s1. The summed E-state index contributed by atoms with van der Waals surface area (Å²) in [5.41, 5.74) is 3.70. The number of aromatic nitrogens is 2. The van der Waals surface area contributed by atoms with Gasteiger partial charge in [0.1, 0.15) is 17.8 Å². The zero-order chi connectivity index (χ0) is 53.1. The number of aliphatic hydroxyl groups is 1. The molecule has 3 aliphatic rings. The van der Waals surface area contributed by atoms with Gasteiger partial charge in [0.2, 0.25) is 23.6 Å². The highest BCUT2D eigenvalue weighted by Crippen LogP contribution is 2.41. The molecule has 0 bridgehead atoms. The van der Waals surface area contributed by atoms with Crippen LogP contribution in [0.15, 0.2) is 82.8 Å². The van der Waals surface area contributed by atoms with E-state index in [4.69, 9.17) is 4.52 Å². The smallest absolute Gasteiger partial charge is 0.273 e. The zero-order valence-electron chi connectivity index (χ0n) is 41.7. The van der Waals surface area contributed by atoms with E-state index in [2.05, 4.69) is 36.7 Å². The molecule has 0 spiro atoms. The molecule has 390 valence electrons. The van der Waals surface area contributed by atoms with E-state index >= 15 is 0 Å². The summed E-state index contributed by atoms with van der Waals surface area (Å²) in [4.78, 5) is 102. The van der Waals surface area contributed by atoms with Gasteiger partial charge in [-0.1, -0.05) is 80.5 Å². The monoisotopic (exact) mass is 1030 g/mol. The summed E-state index contributed by atoms with van der Waals surface area (Å²) in [6.07, 6.45) is 0.182. The molecule has 3 heterocycles. The van der Waals surface area contributed by atoms with Gasteiger partial charge in [0.15, 0.2) is 17.1 Å². The Labute approximate surface area is 430 Å². The summed E-state index contributed by atoms with van der Waals surface area (Å²) in [6, 6.07) is 17.3. The van der Waals surface area contributed by atoms with Crippen LogP contribution in [-0.4, -0.2) is 129 Å². The fourth-order valence-electron chi connectivity index (χ4n) is 9.18. The van der Waals surface area contributed by atoms with Crippen LogP contribution in [-0.2, 0) is 30.4 Å². The highest BCUT2D eigenvalue weighted by molar-refractivity contribution is 7.13. The summed E-state index contributed by atoms with van der Waals surface area (Å²) < 4.78 is 20.2. The fraction of sp³-hybridized carbons (Fsp3) is 0.415. The summed E-state index contributed by atoms with van der Waals surface area (Å²) in [5, 5.41) is 39.2. The molecule has 21 heteroatoms. The van der Waals surface area contributed by atoms with Gasteiger partial charge in [-0.15, -0.1) is 11.3 Å². The number of nitrogens with zero attached hydrogens (tertiary/aromatic N) is 4. The number of aliphatic hydroxyl groups excluding tert-OH is 1. The fourth-order valence-corrected chi connectivity index (χ4v) is 9.99. The summed E-state index contributed by atoms with van der Waals surface area (Å²) in [7, 11) is 1.49. The SMILES string of the molecule is Cc1ncsc1-c1ccc([C@H](CC(=O)NCC(=O)NCCN(C)C(=O)c2ccc(-c3cc(C(=O)N[C@@H]4CCc5ccccc54)no3)cc2O)NC(=O)[C@@H]2C[C@@H](O)CN2C(=O)[C@@H](NC(=O)C2(F)CC2)C(C)(C)C)cc1. The number of carbonyl (C=O) groups excluding carboxylic acids is 7. The number of phenols is 1. The molecule has 0 radical (unpaired) electrons. The van der Waals surface area contributed by atoms with Crippen LogP contribution in [0.2, 0.25) is 0 Å². The Hall–Kier alpha value is -7.52. The number of rotatable bonds is 18. The largest absolute Gasteiger partial charge is 0.507 e. The van der Waals surface area contributed by atoms with Crippen LogP contribution < -0.4 is 26.6 Å². The van der Waals surface area contributed by atoms with Crippen molar-refractivity contribution in [1.29, 1.82) is 0 Å². The van der Waals surface area contributed by atoms with Crippen molar-refractivity contribution in [1.82, 2.24) is 46.5 Å². The van der Waals surface area contributed by atoms with Gasteiger partial charge in [0.05, 0.1) is 52.8 Å². The molecule has 1 aliphatic heterocycles. The van der Waals surface area contributed by atoms with Gasteiger partial charge in [-0.3, -0.25) is 33.6 Å². The van der Waals surface area contributed by atoms with E-state index < -0.39 is 83.2 Å². The lowest BCUT2D eigenvalue weighted by Crippen LogP contribution is -2.59. The maximum atomic E-state index is 14.7. The maximum Gasteiger partial charge on any atom is 0.273 e. The number of likely N-dealkylation sites (N-methyl/N-ethyl adjacent to an activating group) is 1. The number of carbonyl (C=O) groups is 7. The molecule has 0 unspecified atom stereocenters. The lowest BCUT2D eigenvalue weighted by atomic mass is 9.85. The van der Waals surface area contributed by atoms with Crippen LogP contribution in [0.4, 0.5) is 4.39 Å². The number of phenolic OH excluding ortho intramolecular Hbond substituents is 1. The predicted molar refractivity (Wildman–Crippen MR) is 270 cm³/mol. The van der Waals surface area contributed by atoms with Crippen LogP contribution >= 0.6 is 11.3 Å². The minimum Gasteiger partial charge on any atom is -0.507 e. The van der Waals surface area contributed by atoms with Gasteiger partial charge in [-0.05, 0) is 72.4 Å². The average molecular weight is 1030 g/mol. The van der Waals surface area contributed by atoms with E-state index in [9.17, 15) is 48.2 Å². The van der Waals surface area contributed by atoms with Crippen molar-refractivity contribution < 1.29 is 52.7 Å². The molecule has 3 aromatic carbocycles. The Kier molecular flexibility index (Phi) is 15.6. The molecular formula is C53H60FN9O10S. The Bertz CT molecular complexity index is 2950. The number of β-amino-alcohol motifs (C(OH)–C–C–N with tert-alkyl or cyclic N) is 1. The van der Waals surface area contributed by atoms with Gasteiger partial charge < -0.3 is 51.1 Å². The van der Waals surface area contributed by atoms with E-state index in [0.29, 0.717) is 11.1 Å². The number of fused-ring (bicyclic) bond motifs is 1. The third-order valence-corrected chi connectivity index (χ3v) is 14.6. The van der Waals surface area contributed by atoms with Crippen LogP contribution in [0.1, 0.15) is 108 Å². The van der Waals surface area contributed by atoms with Crippen molar-refractivity contribution in [3.63, 3.8) is 0 Å². The maximum absolute atomic E-state index is 14.7. The molecule has 8 rings (SSSR count). The van der Waals surface area contributed by atoms with Crippen molar-refractivity contribution in [2.75, 3.05) is 33.2 Å². The number of thiazole rings is 1. The number of halogens is 1. The Morgan fingerprint density at radius 3 is 2.38 bits per heavy atom. The number of amides is 7. The van der Waals surface area contributed by atoms with Gasteiger partial charge >= 0.3 is 0 Å². The number of hydrogen-bond donors (Lipinski definition) is 7. The summed E-state index contributed by atoms with van der Waals surface area (Å²) in [5.74, 6) is -4.49. The number of alkyl halides is 1. The number of nitrogens with one attached hydrogen (secondary N) is 5. The quantitative estimate of drug-likeness (QED) is 0.0643. The second-order valence-corrected chi connectivity index (χ2v) is 21.1. The second kappa shape index (κ2) is 21.9. The first-order valence-corrected chi connectivity index (χ1v) is 25.3. The molecule has 7 amide bonds. The molecule has 19 nitrogen and oxygen atoms in total. The van der Waals surface area contributed by atoms with Crippen molar-refractivity contribution >= 4 is 52.7 Å².